The Hall–Kier alpha value is -3.54. The first-order chi connectivity index (χ1) is 13.7. The molecule has 4 rings (SSSR count). The second-order valence-electron chi connectivity index (χ2n) is 6.53. The lowest BCUT2D eigenvalue weighted by atomic mass is 10.0. The first kappa shape index (κ1) is 17.9. The summed E-state index contributed by atoms with van der Waals surface area (Å²) in [6, 6.07) is 17.6. The van der Waals surface area contributed by atoms with Crippen LogP contribution in [0.15, 0.2) is 79.4 Å². The molecule has 1 atom stereocenters. The molecule has 0 radical (unpaired) electrons. The van der Waals surface area contributed by atoms with Crippen LogP contribution in [-0.2, 0) is 6.54 Å². The molecule has 5 nitrogen and oxygen atoms in total. The van der Waals surface area contributed by atoms with Crippen molar-refractivity contribution in [3.63, 3.8) is 0 Å². The number of para-hydroxylation sites is 1. The van der Waals surface area contributed by atoms with E-state index < -0.39 is 5.82 Å². The first-order valence-corrected chi connectivity index (χ1v) is 9.07. The molecule has 0 bridgehead atoms. The number of imidazole rings is 1. The molecule has 0 fully saturated rings. The van der Waals surface area contributed by atoms with Crippen molar-refractivity contribution in [1.29, 1.82) is 0 Å². The number of amides is 1. The minimum absolute atomic E-state index is 0.196. The molecule has 0 aliphatic carbocycles. The maximum atomic E-state index is 14.0. The Balaban J connectivity index is 1.57. The normalized spacial score (nSPS) is 12.0. The minimum Gasteiger partial charge on any atom is -0.344 e. The lowest BCUT2D eigenvalue weighted by molar-refractivity contribution is 0.0929. The summed E-state index contributed by atoms with van der Waals surface area (Å²) in [7, 11) is 0. The average molecular weight is 374 g/mol. The van der Waals surface area contributed by atoms with Gasteiger partial charge in [-0.1, -0.05) is 48.5 Å². The van der Waals surface area contributed by atoms with Gasteiger partial charge in [-0.05, 0) is 24.1 Å². The number of rotatable bonds is 6. The van der Waals surface area contributed by atoms with Crippen molar-refractivity contribution in [2.75, 3.05) is 0 Å². The molecule has 4 aromatic rings. The molecule has 0 unspecified atom stereocenters. The number of carbonyl (C=O) groups is 1. The lowest BCUT2D eigenvalue weighted by Crippen LogP contribution is -2.30. The Morgan fingerprint density at radius 1 is 1.07 bits per heavy atom. The highest BCUT2D eigenvalue weighted by atomic mass is 19.1. The van der Waals surface area contributed by atoms with Crippen LogP contribution in [0.4, 0.5) is 4.39 Å². The molecule has 2 heterocycles. The zero-order valence-electron chi connectivity index (χ0n) is 15.1. The fourth-order valence-corrected chi connectivity index (χ4v) is 3.17. The van der Waals surface area contributed by atoms with E-state index in [-0.39, 0.29) is 23.2 Å². The molecule has 0 aliphatic rings. The Labute approximate surface area is 161 Å². The van der Waals surface area contributed by atoms with E-state index >= 15 is 0 Å². The van der Waals surface area contributed by atoms with Crippen molar-refractivity contribution in [3.8, 4) is 0 Å². The third-order valence-corrected chi connectivity index (χ3v) is 4.65. The van der Waals surface area contributed by atoms with Gasteiger partial charge in [0.05, 0.1) is 12.4 Å². The molecular weight excluding hydrogens is 355 g/mol. The van der Waals surface area contributed by atoms with Gasteiger partial charge in [0, 0.05) is 24.3 Å². The monoisotopic (exact) mass is 374 g/mol. The standard InChI is InChI=1S/C22H19FN4O/c23-18-8-4-7-17-9-10-20(25-21(17)18)22(28)26-19(16-5-2-1-3-6-16)11-13-27-14-12-24-15-27/h1-10,12,14-15,19H,11,13H2,(H,26,28)/t19-/m1/s1. The van der Waals surface area contributed by atoms with Gasteiger partial charge in [0.1, 0.15) is 17.0 Å². The second kappa shape index (κ2) is 8.00. The Kier molecular flexibility index (Phi) is 5.10. The second-order valence-corrected chi connectivity index (χ2v) is 6.53. The zero-order valence-corrected chi connectivity index (χ0v) is 15.1. The van der Waals surface area contributed by atoms with Gasteiger partial charge >= 0.3 is 0 Å². The van der Waals surface area contributed by atoms with E-state index in [2.05, 4.69) is 15.3 Å². The number of benzene rings is 2. The van der Waals surface area contributed by atoms with Crippen LogP contribution in [0.3, 0.4) is 0 Å². The van der Waals surface area contributed by atoms with E-state index in [0.717, 1.165) is 5.56 Å². The van der Waals surface area contributed by atoms with Gasteiger partial charge in [-0.2, -0.15) is 0 Å². The van der Waals surface area contributed by atoms with E-state index in [0.29, 0.717) is 18.4 Å². The molecule has 1 N–H and O–H groups in total. The molecule has 0 saturated carbocycles. The third-order valence-electron chi connectivity index (χ3n) is 4.65. The highest BCUT2D eigenvalue weighted by Gasteiger charge is 2.17. The number of hydrogen-bond donors (Lipinski definition) is 1. The predicted octanol–water partition coefficient (Wildman–Crippen LogP) is 4.13. The number of carbonyl (C=O) groups excluding carboxylic acids is 1. The lowest BCUT2D eigenvalue weighted by Gasteiger charge is -2.19. The fraction of sp³-hybridized carbons (Fsp3) is 0.136. The number of fused-ring (bicyclic) bond motifs is 1. The molecule has 0 spiro atoms. The zero-order chi connectivity index (χ0) is 19.3. The summed E-state index contributed by atoms with van der Waals surface area (Å²) in [6.45, 7) is 0.708. The van der Waals surface area contributed by atoms with Crippen molar-refractivity contribution in [2.45, 2.75) is 19.0 Å². The summed E-state index contributed by atoms with van der Waals surface area (Å²) in [5.74, 6) is -0.767. The van der Waals surface area contributed by atoms with Crippen LogP contribution in [0, 0.1) is 5.82 Å². The van der Waals surface area contributed by atoms with Crippen LogP contribution in [0.1, 0.15) is 28.5 Å². The van der Waals surface area contributed by atoms with E-state index in [1.54, 1.807) is 36.8 Å². The van der Waals surface area contributed by atoms with Gasteiger partial charge in [-0.15, -0.1) is 0 Å². The fourth-order valence-electron chi connectivity index (χ4n) is 3.17. The van der Waals surface area contributed by atoms with Gasteiger partial charge in [0.25, 0.3) is 5.91 Å². The number of aryl methyl sites for hydroxylation is 1. The van der Waals surface area contributed by atoms with Crippen molar-refractivity contribution >= 4 is 16.8 Å². The van der Waals surface area contributed by atoms with E-state index in [9.17, 15) is 9.18 Å². The van der Waals surface area contributed by atoms with Gasteiger partial charge in [0.15, 0.2) is 0 Å². The van der Waals surface area contributed by atoms with Crippen molar-refractivity contribution in [1.82, 2.24) is 19.9 Å². The maximum Gasteiger partial charge on any atom is 0.270 e. The molecule has 140 valence electrons. The third kappa shape index (κ3) is 3.91. The summed E-state index contributed by atoms with van der Waals surface area (Å²) in [6.07, 6.45) is 6.05. The molecule has 0 saturated heterocycles. The van der Waals surface area contributed by atoms with Crippen molar-refractivity contribution in [3.05, 3.63) is 96.5 Å². The molecule has 1 amide bonds. The molecule has 2 aromatic carbocycles. The molecular formula is C22H19FN4O. The van der Waals surface area contributed by atoms with Gasteiger partial charge < -0.3 is 9.88 Å². The Morgan fingerprint density at radius 3 is 2.71 bits per heavy atom. The highest BCUT2D eigenvalue weighted by Crippen LogP contribution is 2.20. The molecule has 2 aromatic heterocycles. The van der Waals surface area contributed by atoms with E-state index in [1.807, 2.05) is 41.1 Å². The van der Waals surface area contributed by atoms with E-state index in [4.69, 9.17) is 0 Å². The first-order valence-electron chi connectivity index (χ1n) is 9.07. The largest absolute Gasteiger partial charge is 0.344 e. The number of hydrogen-bond acceptors (Lipinski definition) is 3. The van der Waals surface area contributed by atoms with Crippen LogP contribution in [0.2, 0.25) is 0 Å². The van der Waals surface area contributed by atoms with E-state index in [1.165, 1.54) is 6.07 Å². The van der Waals surface area contributed by atoms with Crippen LogP contribution in [-0.4, -0.2) is 20.4 Å². The number of nitrogens with zero attached hydrogens (tertiary/aromatic N) is 3. The smallest absolute Gasteiger partial charge is 0.270 e. The molecule has 28 heavy (non-hydrogen) atoms. The summed E-state index contributed by atoms with van der Waals surface area (Å²) < 4.78 is 16.0. The topological polar surface area (TPSA) is 59.8 Å². The van der Waals surface area contributed by atoms with Crippen LogP contribution >= 0.6 is 0 Å². The number of aromatic nitrogens is 3. The highest BCUT2D eigenvalue weighted by molar-refractivity contribution is 5.95. The van der Waals surface area contributed by atoms with Crippen LogP contribution in [0.25, 0.3) is 10.9 Å². The summed E-state index contributed by atoms with van der Waals surface area (Å²) in [4.78, 5) is 21.1. The maximum absolute atomic E-state index is 14.0. The van der Waals surface area contributed by atoms with Crippen molar-refractivity contribution in [2.24, 2.45) is 0 Å². The van der Waals surface area contributed by atoms with Crippen LogP contribution < -0.4 is 5.32 Å². The summed E-state index contributed by atoms with van der Waals surface area (Å²) in [5.41, 5.74) is 1.40. The number of halogens is 1. The van der Waals surface area contributed by atoms with Gasteiger partial charge in [-0.3, -0.25) is 4.79 Å². The van der Waals surface area contributed by atoms with Crippen molar-refractivity contribution < 1.29 is 9.18 Å². The van der Waals surface area contributed by atoms with Crippen LogP contribution in [0.5, 0.6) is 0 Å². The molecule has 0 aliphatic heterocycles. The Morgan fingerprint density at radius 2 is 1.93 bits per heavy atom. The number of nitrogens with one attached hydrogen (secondary N) is 1. The minimum atomic E-state index is -0.438. The Bertz CT molecular complexity index is 1080. The number of pyridine rings is 1. The predicted molar refractivity (Wildman–Crippen MR) is 105 cm³/mol. The summed E-state index contributed by atoms with van der Waals surface area (Å²) in [5, 5.41) is 3.70. The average Bonchev–Trinajstić information content (AvgIpc) is 3.25. The summed E-state index contributed by atoms with van der Waals surface area (Å²) >= 11 is 0. The van der Waals surface area contributed by atoms with Gasteiger partial charge in [0.2, 0.25) is 0 Å². The van der Waals surface area contributed by atoms with Gasteiger partial charge in [-0.25, -0.2) is 14.4 Å². The molecule has 6 heteroatoms. The quantitative estimate of drug-likeness (QED) is 0.552. The SMILES string of the molecule is O=C(N[C@H](CCn1ccnc1)c1ccccc1)c1ccc2cccc(F)c2n1.